The maximum Gasteiger partial charge on any atom is 0.255 e. The Labute approximate surface area is 146 Å². The van der Waals surface area contributed by atoms with Crippen LogP contribution in [0.1, 0.15) is 28.8 Å². The molecule has 4 rings (SSSR count). The Morgan fingerprint density at radius 3 is 2.80 bits per heavy atom. The minimum Gasteiger partial charge on any atom is -0.472 e. The van der Waals surface area contributed by atoms with Crippen molar-refractivity contribution in [1.82, 2.24) is 20.0 Å². The number of rotatable bonds is 3. The van der Waals surface area contributed by atoms with Gasteiger partial charge in [0.2, 0.25) is 0 Å². The zero-order chi connectivity index (χ0) is 17.1. The van der Waals surface area contributed by atoms with Crippen molar-refractivity contribution >= 4 is 5.91 Å². The molecule has 2 aliphatic rings. The lowest BCUT2D eigenvalue weighted by Crippen LogP contribution is -2.57. The van der Waals surface area contributed by atoms with Crippen LogP contribution in [-0.2, 0) is 11.3 Å². The summed E-state index contributed by atoms with van der Waals surface area (Å²) in [4.78, 5) is 16.8. The summed E-state index contributed by atoms with van der Waals surface area (Å²) in [7, 11) is 0. The number of ether oxygens (including phenoxy) is 1. The maximum absolute atomic E-state index is 12.5. The lowest BCUT2D eigenvalue weighted by Gasteiger charge is -2.47. The average Bonchev–Trinajstić information content (AvgIpc) is 3.16. The van der Waals surface area contributed by atoms with Gasteiger partial charge in [-0.2, -0.15) is 10.2 Å². The van der Waals surface area contributed by atoms with E-state index >= 15 is 0 Å². The molecule has 0 unspecified atom stereocenters. The van der Waals surface area contributed by atoms with Crippen LogP contribution in [0, 0.1) is 0 Å². The first-order valence-corrected chi connectivity index (χ1v) is 8.68. The molecule has 132 valence electrons. The quantitative estimate of drug-likeness (QED) is 0.843. The molecule has 0 aliphatic carbocycles. The highest BCUT2D eigenvalue weighted by Gasteiger charge is 2.40. The van der Waals surface area contributed by atoms with E-state index < -0.39 is 0 Å². The molecule has 7 nitrogen and oxygen atoms in total. The van der Waals surface area contributed by atoms with Crippen LogP contribution >= 0.6 is 0 Å². The molecule has 2 saturated heterocycles. The fraction of sp³-hybridized carbons (Fsp3) is 0.500. The highest BCUT2D eigenvalue weighted by molar-refractivity contribution is 5.93. The van der Waals surface area contributed by atoms with Gasteiger partial charge in [0.05, 0.1) is 42.7 Å². The van der Waals surface area contributed by atoms with E-state index in [0.717, 1.165) is 39.1 Å². The van der Waals surface area contributed by atoms with Crippen LogP contribution in [0.4, 0.5) is 0 Å². The molecule has 2 fully saturated rings. The van der Waals surface area contributed by atoms with Crippen molar-refractivity contribution in [1.29, 1.82) is 0 Å². The van der Waals surface area contributed by atoms with E-state index in [4.69, 9.17) is 9.15 Å². The van der Waals surface area contributed by atoms with Crippen molar-refractivity contribution in [2.45, 2.75) is 25.0 Å². The molecule has 0 radical (unpaired) electrons. The van der Waals surface area contributed by atoms with Crippen molar-refractivity contribution in [2.24, 2.45) is 0 Å². The molecular formula is C18H22N4O3. The summed E-state index contributed by atoms with van der Waals surface area (Å²) in [5.41, 5.74) is 1.64. The summed E-state index contributed by atoms with van der Waals surface area (Å²) in [6, 6.07) is 3.72. The van der Waals surface area contributed by atoms with Gasteiger partial charge in [0, 0.05) is 38.3 Å². The molecule has 0 bridgehead atoms. The molecule has 2 aliphatic heterocycles. The Morgan fingerprint density at radius 1 is 1.20 bits per heavy atom. The highest BCUT2D eigenvalue weighted by Crippen LogP contribution is 2.31. The second-order valence-corrected chi connectivity index (χ2v) is 6.80. The van der Waals surface area contributed by atoms with E-state index in [9.17, 15) is 4.79 Å². The third-order valence-electron chi connectivity index (χ3n) is 5.11. The maximum atomic E-state index is 12.5. The summed E-state index contributed by atoms with van der Waals surface area (Å²) in [6.07, 6.45) is 8.31. The summed E-state index contributed by atoms with van der Waals surface area (Å²) >= 11 is 0. The predicted octanol–water partition coefficient (Wildman–Crippen LogP) is 1.58. The molecule has 0 atom stereocenters. The first-order valence-electron chi connectivity index (χ1n) is 8.68. The van der Waals surface area contributed by atoms with Gasteiger partial charge in [-0.1, -0.05) is 0 Å². The SMILES string of the molecule is O=C(c1ccnnc1)N1CCC2(CC1)CN(Cc1ccoc1)CCO2. The van der Waals surface area contributed by atoms with Crippen LogP contribution in [0.2, 0.25) is 0 Å². The first-order chi connectivity index (χ1) is 12.2. The van der Waals surface area contributed by atoms with Crippen molar-refractivity contribution in [3.05, 3.63) is 48.2 Å². The number of carbonyl (C=O) groups excluding carboxylic acids is 1. The average molecular weight is 342 g/mol. The second-order valence-electron chi connectivity index (χ2n) is 6.80. The van der Waals surface area contributed by atoms with Gasteiger partial charge in [-0.25, -0.2) is 0 Å². The number of morpholine rings is 1. The van der Waals surface area contributed by atoms with Crippen molar-refractivity contribution in [3.8, 4) is 0 Å². The van der Waals surface area contributed by atoms with Gasteiger partial charge in [-0.3, -0.25) is 9.69 Å². The largest absolute Gasteiger partial charge is 0.472 e. The van der Waals surface area contributed by atoms with Gasteiger partial charge in [0.15, 0.2) is 0 Å². The van der Waals surface area contributed by atoms with E-state index in [0.29, 0.717) is 18.7 Å². The lowest BCUT2D eigenvalue weighted by atomic mass is 9.89. The molecule has 7 heteroatoms. The minimum atomic E-state index is -0.144. The van der Waals surface area contributed by atoms with Crippen LogP contribution in [0.25, 0.3) is 0 Å². The Balaban J connectivity index is 1.36. The third kappa shape index (κ3) is 3.57. The van der Waals surface area contributed by atoms with E-state index in [-0.39, 0.29) is 11.5 Å². The number of piperidine rings is 1. The van der Waals surface area contributed by atoms with Gasteiger partial charge in [-0.05, 0) is 25.0 Å². The Morgan fingerprint density at radius 2 is 2.08 bits per heavy atom. The van der Waals surface area contributed by atoms with E-state index in [1.54, 1.807) is 24.8 Å². The number of hydrogen-bond acceptors (Lipinski definition) is 6. The molecule has 1 spiro atoms. The smallest absolute Gasteiger partial charge is 0.255 e. The molecule has 1 amide bonds. The predicted molar refractivity (Wildman–Crippen MR) is 89.8 cm³/mol. The number of furan rings is 1. The van der Waals surface area contributed by atoms with Crippen molar-refractivity contribution in [2.75, 3.05) is 32.8 Å². The Kier molecular flexibility index (Phi) is 4.50. The number of hydrogen-bond donors (Lipinski definition) is 0. The van der Waals surface area contributed by atoms with Crippen LogP contribution in [0.3, 0.4) is 0 Å². The number of aromatic nitrogens is 2. The molecule has 0 N–H and O–H groups in total. The van der Waals surface area contributed by atoms with E-state index in [1.165, 1.54) is 11.8 Å². The lowest BCUT2D eigenvalue weighted by molar-refractivity contribution is -0.134. The fourth-order valence-electron chi connectivity index (χ4n) is 3.72. The van der Waals surface area contributed by atoms with Crippen LogP contribution in [-0.4, -0.2) is 64.3 Å². The van der Waals surface area contributed by atoms with Crippen molar-refractivity contribution in [3.63, 3.8) is 0 Å². The molecule has 2 aromatic heterocycles. The second kappa shape index (κ2) is 6.93. The fourth-order valence-corrected chi connectivity index (χ4v) is 3.72. The zero-order valence-corrected chi connectivity index (χ0v) is 14.1. The summed E-state index contributed by atoms with van der Waals surface area (Å²) in [5.74, 6) is 0.0239. The molecule has 4 heterocycles. The van der Waals surface area contributed by atoms with Gasteiger partial charge in [0.1, 0.15) is 0 Å². The topological polar surface area (TPSA) is 71.7 Å². The van der Waals surface area contributed by atoms with Gasteiger partial charge in [0.25, 0.3) is 5.91 Å². The Bertz CT molecular complexity index is 696. The molecule has 2 aromatic rings. The zero-order valence-electron chi connectivity index (χ0n) is 14.1. The number of nitrogens with zero attached hydrogens (tertiary/aromatic N) is 4. The van der Waals surface area contributed by atoms with E-state index in [1.807, 2.05) is 11.0 Å². The third-order valence-corrected chi connectivity index (χ3v) is 5.11. The molecular weight excluding hydrogens is 320 g/mol. The summed E-state index contributed by atoms with van der Waals surface area (Å²) in [6.45, 7) is 4.86. The first kappa shape index (κ1) is 16.2. The van der Waals surface area contributed by atoms with Gasteiger partial charge < -0.3 is 14.1 Å². The van der Waals surface area contributed by atoms with E-state index in [2.05, 4.69) is 15.1 Å². The normalized spacial score (nSPS) is 20.7. The number of amides is 1. The number of likely N-dealkylation sites (tertiary alicyclic amines) is 1. The summed E-state index contributed by atoms with van der Waals surface area (Å²) in [5, 5.41) is 7.52. The number of carbonyl (C=O) groups is 1. The standard InChI is InChI=1S/C18H22N4O3/c23-17(16-1-5-19-20-11-16)22-6-3-18(4-7-22)14-21(8-10-25-18)12-15-2-9-24-13-15/h1-2,5,9,11,13H,3-4,6-8,10,12,14H2. The van der Waals surface area contributed by atoms with Crippen LogP contribution in [0.15, 0.2) is 41.5 Å². The molecule has 0 saturated carbocycles. The monoisotopic (exact) mass is 342 g/mol. The van der Waals surface area contributed by atoms with Crippen molar-refractivity contribution < 1.29 is 13.9 Å². The summed E-state index contributed by atoms with van der Waals surface area (Å²) < 4.78 is 11.3. The van der Waals surface area contributed by atoms with Crippen LogP contribution in [0.5, 0.6) is 0 Å². The Hall–Kier alpha value is -2.25. The highest BCUT2D eigenvalue weighted by atomic mass is 16.5. The molecule has 25 heavy (non-hydrogen) atoms. The minimum absolute atomic E-state index is 0.0239. The van der Waals surface area contributed by atoms with Crippen LogP contribution < -0.4 is 0 Å². The van der Waals surface area contributed by atoms with Gasteiger partial charge in [-0.15, -0.1) is 0 Å². The molecule has 0 aromatic carbocycles. The van der Waals surface area contributed by atoms with Gasteiger partial charge >= 0.3 is 0 Å².